The Labute approximate surface area is 125 Å². The maximum absolute atomic E-state index is 11.7. The van der Waals surface area contributed by atoms with Crippen LogP contribution in [0.4, 0.5) is 16.2 Å². The first-order valence-corrected chi connectivity index (χ1v) is 6.41. The number of nitro benzene ring substituents is 1. The summed E-state index contributed by atoms with van der Waals surface area (Å²) >= 11 is 0. The van der Waals surface area contributed by atoms with E-state index in [2.05, 4.69) is 15.7 Å². The van der Waals surface area contributed by atoms with Gasteiger partial charge in [-0.2, -0.15) is 5.10 Å². The van der Waals surface area contributed by atoms with E-state index in [1.807, 2.05) is 0 Å². The van der Waals surface area contributed by atoms with Crippen molar-refractivity contribution in [2.24, 2.45) is 7.05 Å². The number of carbonyl (C=O) groups excluding carboxylic acids is 1. The summed E-state index contributed by atoms with van der Waals surface area (Å²) in [6, 6.07) is 4.92. The molecule has 1 atom stereocenters. The molecule has 3 N–H and O–H groups in total. The molecular weight excluding hydrogens is 290 g/mol. The summed E-state index contributed by atoms with van der Waals surface area (Å²) in [4.78, 5) is 21.7. The van der Waals surface area contributed by atoms with Gasteiger partial charge >= 0.3 is 6.03 Å². The third-order valence-electron chi connectivity index (χ3n) is 2.90. The lowest BCUT2D eigenvalue weighted by atomic mass is 10.2. The molecule has 2 amide bonds. The van der Waals surface area contributed by atoms with E-state index < -0.39 is 17.1 Å². The van der Waals surface area contributed by atoms with Crippen molar-refractivity contribution in [1.29, 1.82) is 0 Å². The van der Waals surface area contributed by atoms with Crippen molar-refractivity contribution in [2.75, 3.05) is 11.9 Å². The molecular formula is C13H15N5O4. The Hall–Kier alpha value is -2.94. The first-order chi connectivity index (χ1) is 10.5. The highest BCUT2D eigenvalue weighted by Crippen LogP contribution is 2.15. The number of nitrogens with zero attached hydrogens (tertiary/aromatic N) is 3. The number of hydrogen-bond acceptors (Lipinski definition) is 5. The Morgan fingerprint density at radius 2 is 2.14 bits per heavy atom. The van der Waals surface area contributed by atoms with Crippen LogP contribution < -0.4 is 10.6 Å². The van der Waals surface area contributed by atoms with Crippen LogP contribution in [0.5, 0.6) is 0 Å². The molecule has 0 aliphatic rings. The fraction of sp³-hybridized carbons (Fsp3) is 0.231. The van der Waals surface area contributed by atoms with Gasteiger partial charge in [-0.05, 0) is 12.1 Å². The van der Waals surface area contributed by atoms with Crippen molar-refractivity contribution < 1.29 is 14.8 Å². The highest BCUT2D eigenvalue weighted by molar-refractivity contribution is 5.89. The Bertz CT molecular complexity index is 667. The number of nitrogens with one attached hydrogen (secondary N) is 2. The topological polar surface area (TPSA) is 122 Å². The Morgan fingerprint density at radius 3 is 2.68 bits per heavy atom. The maximum atomic E-state index is 11.7. The minimum absolute atomic E-state index is 0.0184. The average molecular weight is 305 g/mol. The quantitative estimate of drug-likeness (QED) is 0.565. The molecule has 1 aromatic carbocycles. The molecule has 1 unspecified atom stereocenters. The van der Waals surface area contributed by atoms with Gasteiger partial charge in [0.15, 0.2) is 0 Å². The molecule has 1 heterocycles. The smallest absolute Gasteiger partial charge is 0.319 e. The molecule has 1 aromatic heterocycles. The number of nitro groups is 1. The number of aliphatic hydroxyl groups is 1. The number of rotatable bonds is 5. The number of non-ortho nitro benzene ring substituents is 1. The van der Waals surface area contributed by atoms with Crippen molar-refractivity contribution in [2.45, 2.75) is 6.10 Å². The van der Waals surface area contributed by atoms with Gasteiger partial charge in [-0.25, -0.2) is 4.79 Å². The number of aromatic nitrogens is 2. The number of carbonyl (C=O) groups is 1. The predicted molar refractivity (Wildman–Crippen MR) is 78.3 cm³/mol. The standard InChI is InChI=1S/C13H15N5O4/c1-17-8-9(6-15-17)12(19)7-14-13(20)16-10-2-4-11(5-3-10)18(21)22/h2-6,8,12,19H,7H2,1H3,(H2,14,16,20). The molecule has 0 saturated heterocycles. The molecule has 0 radical (unpaired) electrons. The zero-order valence-corrected chi connectivity index (χ0v) is 11.8. The van der Waals surface area contributed by atoms with Gasteiger partial charge in [0, 0.05) is 43.2 Å². The first-order valence-electron chi connectivity index (χ1n) is 6.41. The van der Waals surface area contributed by atoms with Crippen molar-refractivity contribution in [1.82, 2.24) is 15.1 Å². The van der Waals surface area contributed by atoms with Gasteiger partial charge in [0.05, 0.1) is 17.2 Å². The number of urea groups is 1. The fourth-order valence-corrected chi connectivity index (χ4v) is 1.76. The first kappa shape index (κ1) is 15.4. The Kier molecular flexibility index (Phi) is 4.69. The van der Waals surface area contributed by atoms with Crippen molar-refractivity contribution in [3.63, 3.8) is 0 Å². The lowest BCUT2D eigenvalue weighted by Crippen LogP contribution is -2.32. The number of anilines is 1. The summed E-state index contributed by atoms with van der Waals surface area (Å²) in [7, 11) is 1.73. The van der Waals surface area contributed by atoms with Crippen LogP contribution in [0.25, 0.3) is 0 Å². The van der Waals surface area contributed by atoms with Gasteiger partial charge in [-0.3, -0.25) is 14.8 Å². The molecule has 0 saturated carbocycles. The van der Waals surface area contributed by atoms with E-state index in [0.717, 1.165) is 0 Å². The lowest BCUT2D eigenvalue weighted by molar-refractivity contribution is -0.384. The van der Waals surface area contributed by atoms with Gasteiger partial charge in [0.1, 0.15) is 0 Å². The molecule has 2 aromatic rings. The van der Waals surface area contributed by atoms with Crippen LogP contribution in [0.15, 0.2) is 36.7 Å². The third-order valence-corrected chi connectivity index (χ3v) is 2.90. The minimum Gasteiger partial charge on any atom is -0.386 e. The van der Waals surface area contributed by atoms with Crippen molar-refractivity contribution in [3.8, 4) is 0 Å². The average Bonchev–Trinajstić information content (AvgIpc) is 2.92. The fourth-order valence-electron chi connectivity index (χ4n) is 1.76. The highest BCUT2D eigenvalue weighted by atomic mass is 16.6. The second-order valence-electron chi connectivity index (χ2n) is 4.60. The molecule has 9 heteroatoms. The van der Waals surface area contributed by atoms with Gasteiger partial charge in [-0.1, -0.05) is 0 Å². The van der Waals surface area contributed by atoms with E-state index in [4.69, 9.17) is 0 Å². The van der Waals surface area contributed by atoms with Gasteiger partial charge in [0.2, 0.25) is 0 Å². The van der Waals surface area contributed by atoms with E-state index in [-0.39, 0.29) is 12.2 Å². The number of aryl methyl sites for hydroxylation is 1. The maximum Gasteiger partial charge on any atom is 0.319 e. The number of hydrogen-bond donors (Lipinski definition) is 3. The molecule has 0 bridgehead atoms. The van der Waals surface area contributed by atoms with Crippen LogP contribution in [-0.4, -0.2) is 32.4 Å². The predicted octanol–water partition coefficient (Wildman–Crippen LogP) is 1.18. The van der Waals surface area contributed by atoms with E-state index >= 15 is 0 Å². The van der Waals surface area contributed by atoms with Crippen LogP contribution in [0.3, 0.4) is 0 Å². The molecule has 22 heavy (non-hydrogen) atoms. The monoisotopic (exact) mass is 305 g/mol. The molecule has 9 nitrogen and oxygen atoms in total. The molecule has 0 spiro atoms. The number of benzene rings is 1. The van der Waals surface area contributed by atoms with Gasteiger partial charge in [-0.15, -0.1) is 0 Å². The Morgan fingerprint density at radius 1 is 1.45 bits per heavy atom. The largest absolute Gasteiger partial charge is 0.386 e. The summed E-state index contributed by atoms with van der Waals surface area (Å²) < 4.78 is 1.55. The molecule has 2 rings (SSSR count). The Balaban J connectivity index is 1.83. The van der Waals surface area contributed by atoms with Gasteiger partial charge in [0.25, 0.3) is 5.69 Å². The summed E-state index contributed by atoms with van der Waals surface area (Å²) in [6.07, 6.45) is 2.30. The van der Waals surface area contributed by atoms with Gasteiger partial charge < -0.3 is 15.7 Å². The van der Waals surface area contributed by atoms with Crippen LogP contribution >= 0.6 is 0 Å². The van der Waals surface area contributed by atoms with Crippen LogP contribution in [0.2, 0.25) is 0 Å². The SMILES string of the molecule is Cn1cc(C(O)CNC(=O)Nc2ccc([N+](=O)[O-])cc2)cn1. The van der Waals surface area contributed by atoms with E-state index in [1.54, 1.807) is 17.9 Å². The molecule has 0 aliphatic carbocycles. The number of amides is 2. The van der Waals surface area contributed by atoms with Crippen LogP contribution in [0.1, 0.15) is 11.7 Å². The zero-order chi connectivity index (χ0) is 16.1. The summed E-state index contributed by atoms with van der Waals surface area (Å²) in [6.45, 7) is 0.0184. The minimum atomic E-state index is -0.865. The van der Waals surface area contributed by atoms with E-state index in [0.29, 0.717) is 11.3 Å². The van der Waals surface area contributed by atoms with E-state index in [1.165, 1.54) is 30.5 Å². The summed E-state index contributed by atoms with van der Waals surface area (Å²) in [5, 5.41) is 29.3. The van der Waals surface area contributed by atoms with E-state index in [9.17, 15) is 20.0 Å². The van der Waals surface area contributed by atoms with Crippen molar-refractivity contribution >= 4 is 17.4 Å². The third kappa shape index (κ3) is 4.03. The van der Waals surface area contributed by atoms with Crippen molar-refractivity contribution in [3.05, 3.63) is 52.3 Å². The lowest BCUT2D eigenvalue weighted by Gasteiger charge is -2.11. The second kappa shape index (κ2) is 6.68. The highest BCUT2D eigenvalue weighted by Gasteiger charge is 2.11. The molecule has 0 fully saturated rings. The van der Waals surface area contributed by atoms with Crippen LogP contribution in [0, 0.1) is 10.1 Å². The molecule has 0 aliphatic heterocycles. The number of aliphatic hydroxyl groups excluding tert-OH is 1. The summed E-state index contributed by atoms with van der Waals surface area (Å²) in [5.74, 6) is 0. The molecule has 116 valence electrons. The normalized spacial score (nSPS) is 11.7. The second-order valence-corrected chi connectivity index (χ2v) is 4.60. The zero-order valence-electron chi connectivity index (χ0n) is 11.8. The summed E-state index contributed by atoms with van der Waals surface area (Å²) in [5.41, 5.74) is 0.954. The van der Waals surface area contributed by atoms with Crippen LogP contribution in [-0.2, 0) is 7.05 Å².